The lowest BCUT2D eigenvalue weighted by Crippen LogP contribution is -2.64. The molecule has 218 valence electrons. The van der Waals surface area contributed by atoms with Gasteiger partial charge in [-0.25, -0.2) is 0 Å². The summed E-state index contributed by atoms with van der Waals surface area (Å²) in [5.41, 5.74) is -2.92. The van der Waals surface area contributed by atoms with Gasteiger partial charge in [0.1, 0.15) is 5.75 Å². The zero-order valence-electron chi connectivity index (χ0n) is 20.8. The molecule has 4 aliphatic rings. The monoisotopic (exact) mass is 592 g/mol. The molecule has 0 radical (unpaired) electrons. The number of hydrogen-bond acceptors (Lipinski definition) is 5. The van der Waals surface area contributed by atoms with Gasteiger partial charge in [0.05, 0.1) is 12.0 Å². The van der Waals surface area contributed by atoms with E-state index in [4.69, 9.17) is 4.55 Å². The Labute approximate surface area is 226 Å². The van der Waals surface area contributed by atoms with Crippen molar-refractivity contribution in [2.45, 2.75) is 61.6 Å². The van der Waals surface area contributed by atoms with Crippen LogP contribution in [0.1, 0.15) is 59.8 Å². The lowest BCUT2D eigenvalue weighted by Gasteiger charge is -2.54. The summed E-state index contributed by atoms with van der Waals surface area (Å²) in [7, 11) is -5.93. The Balaban J connectivity index is 1.70. The van der Waals surface area contributed by atoms with Crippen LogP contribution in [0.4, 0.5) is 26.3 Å². The Morgan fingerprint density at radius 2 is 1.27 bits per heavy atom. The standard InChI is InChI=1S/C27H26F6O6S/c28-26(29,30)25(27(31,32)33,13-40(36,37)38)39-24(35)23-21-16-9-3-1-7-14(16)20(15-8-2-4-10-17(15)21)22(23)18-11-5-6-12-19(18)34/h1-4,7-10,18-23,34H,5-6,11-13H2,(H,36,37,38). The van der Waals surface area contributed by atoms with E-state index < -0.39 is 75.5 Å². The van der Waals surface area contributed by atoms with Gasteiger partial charge in [0.15, 0.2) is 0 Å². The molecule has 6 nitrogen and oxygen atoms in total. The van der Waals surface area contributed by atoms with Gasteiger partial charge in [0.2, 0.25) is 0 Å². The summed E-state index contributed by atoms with van der Waals surface area (Å²) >= 11 is 0. The van der Waals surface area contributed by atoms with Crippen LogP contribution in [-0.2, 0) is 19.6 Å². The highest BCUT2D eigenvalue weighted by atomic mass is 32.2. The van der Waals surface area contributed by atoms with Crippen molar-refractivity contribution in [3.05, 3.63) is 70.8 Å². The third-order valence-electron chi connectivity index (χ3n) is 8.62. The second-order valence-corrected chi connectivity index (χ2v) is 12.3. The molecule has 0 saturated heterocycles. The van der Waals surface area contributed by atoms with Crippen molar-refractivity contribution in [3.63, 3.8) is 0 Å². The number of hydrogen-bond donors (Lipinski definition) is 2. The molecule has 1 saturated carbocycles. The molecule has 1 fully saturated rings. The molecule has 4 unspecified atom stereocenters. The van der Waals surface area contributed by atoms with Crippen molar-refractivity contribution in [2.24, 2.45) is 17.8 Å². The summed E-state index contributed by atoms with van der Waals surface area (Å²) in [5.74, 6) is -9.65. The van der Waals surface area contributed by atoms with Crippen LogP contribution < -0.4 is 0 Å². The SMILES string of the molecule is O=C(OC(CS(=O)(=O)O)(C(F)(F)F)C(F)(F)F)C1C2c3ccccc3C(c3ccccc32)C1C1CCCCC1O. The fourth-order valence-electron chi connectivity index (χ4n) is 7.08. The van der Waals surface area contributed by atoms with Crippen LogP contribution in [0.15, 0.2) is 48.5 Å². The first-order valence-corrected chi connectivity index (χ1v) is 14.4. The average Bonchev–Trinajstić information content (AvgIpc) is 2.86. The first kappa shape index (κ1) is 28.9. The van der Waals surface area contributed by atoms with Crippen molar-refractivity contribution >= 4 is 16.1 Å². The minimum absolute atomic E-state index is 0.349. The number of fused-ring (bicyclic) bond motifs is 1. The summed E-state index contributed by atoms with van der Waals surface area (Å²) < 4.78 is 121. The predicted molar refractivity (Wildman–Crippen MR) is 129 cm³/mol. The molecular formula is C27H26F6O6S. The minimum atomic E-state index is -6.43. The molecule has 0 heterocycles. The van der Waals surface area contributed by atoms with E-state index in [1.807, 2.05) is 0 Å². The second-order valence-electron chi connectivity index (χ2n) is 10.8. The maximum Gasteiger partial charge on any atom is 0.438 e. The summed E-state index contributed by atoms with van der Waals surface area (Å²) in [4.78, 5) is 13.8. The van der Waals surface area contributed by atoms with E-state index in [9.17, 15) is 44.7 Å². The van der Waals surface area contributed by atoms with Crippen LogP contribution in [0.3, 0.4) is 0 Å². The molecule has 6 rings (SSSR count). The summed E-state index contributed by atoms with van der Waals surface area (Å²) in [6.07, 6.45) is -11.8. The van der Waals surface area contributed by atoms with Gasteiger partial charge in [0.25, 0.3) is 10.1 Å². The smallest absolute Gasteiger partial charge is 0.438 e. The minimum Gasteiger partial charge on any atom is -0.438 e. The molecule has 2 aromatic rings. The highest BCUT2D eigenvalue weighted by Crippen LogP contribution is 2.62. The number of carbonyl (C=O) groups is 1. The molecular weight excluding hydrogens is 566 g/mol. The van der Waals surface area contributed by atoms with E-state index in [1.165, 1.54) is 0 Å². The van der Waals surface area contributed by atoms with Crippen LogP contribution in [0, 0.1) is 17.8 Å². The third kappa shape index (κ3) is 4.59. The Morgan fingerprint density at radius 1 is 0.825 bits per heavy atom. The largest absolute Gasteiger partial charge is 0.438 e. The van der Waals surface area contributed by atoms with Crippen LogP contribution in [-0.4, -0.2) is 53.9 Å². The number of rotatable bonds is 5. The number of carbonyl (C=O) groups excluding carboxylic acids is 1. The van der Waals surface area contributed by atoms with Gasteiger partial charge >= 0.3 is 23.9 Å². The fourth-order valence-corrected chi connectivity index (χ4v) is 7.98. The highest BCUT2D eigenvalue weighted by molar-refractivity contribution is 7.85. The van der Waals surface area contributed by atoms with Gasteiger partial charge in [-0.15, -0.1) is 0 Å². The summed E-state index contributed by atoms with van der Waals surface area (Å²) in [6, 6.07) is 13.7. The zero-order chi connectivity index (χ0) is 29.3. The number of esters is 1. The first-order chi connectivity index (χ1) is 18.6. The molecule has 4 aliphatic carbocycles. The van der Waals surface area contributed by atoms with Crippen LogP contribution >= 0.6 is 0 Å². The Kier molecular flexibility index (Phi) is 7.02. The number of aliphatic hydroxyl groups excluding tert-OH is 1. The number of ether oxygens (including phenoxy) is 1. The Bertz CT molecular complexity index is 1340. The van der Waals surface area contributed by atoms with Crippen molar-refractivity contribution in [1.29, 1.82) is 0 Å². The lowest BCUT2D eigenvalue weighted by molar-refractivity contribution is -0.362. The maximum absolute atomic E-state index is 14.1. The van der Waals surface area contributed by atoms with Gasteiger partial charge in [-0.05, 0) is 46.9 Å². The molecule has 2 aromatic carbocycles. The second kappa shape index (κ2) is 9.73. The molecule has 0 aliphatic heterocycles. The van der Waals surface area contributed by atoms with E-state index in [2.05, 4.69) is 4.74 Å². The van der Waals surface area contributed by atoms with Crippen molar-refractivity contribution in [3.8, 4) is 0 Å². The van der Waals surface area contributed by atoms with E-state index in [0.29, 0.717) is 36.8 Å². The summed E-state index contributed by atoms with van der Waals surface area (Å²) in [6.45, 7) is 0. The lowest BCUT2D eigenvalue weighted by atomic mass is 9.50. The Morgan fingerprint density at radius 3 is 1.70 bits per heavy atom. The van der Waals surface area contributed by atoms with Crippen molar-refractivity contribution in [2.75, 3.05) is 5.75 Å². The van der Waals surface area contributed by atoms with Gasteiger partial charge in [-0.3, -0.25) is 9.35 Å². The Hall–Kier alpha value is -2.64. The predicted octanol–water partition coefficient (Wildman–Crippen LogP) is 5.36. The average molecular weight is 593 g/mol. The van der Waals surface area contributed by atoms with E-state index in [1.54, 1.807) is 48.5 Å². The molecule has 13 heteroatoms. The van der Waals surface area contributed by atoms with E-state index in [-0.39, 0.29) is 0 Å². The van der Waals surface area contributed by atoms with Crippen LogP contribution in [0.25, 0.3) is 0 Å². The highest BCUT2D eigenvalue weighted by Gasteiger charge is 2.76. The molecule has 0 aromatic heterocycles. The van der Waals surface area contributed by atoms with Crippen LogP contribution in [0.2, 0.25) is 0 Å². The summed E-state index contributed by atoms with van der Waals surface area (Å²) in [5, 5.41) is 11.0. The van der Waals surface area contributed by atoms with Gasteiger partial charge in [-0.2, -0.15) is 34.8 Å². The fraction of sp³-hybridized carbons (Fsp3) is 0.519. The van der Waals surface area contributed by atoms with Crippen molar-refractivity contribution in [1.82, 2.24) is 0 Å². The third-order valence-corrected chi connectivity index (χ3v) is 9.39. The molecule has 2 bridgehead atoms. The van der Waals surface area contributed by atoms with Gasteiger partial charge in [0, 0.05) is 11.8 Å². The molecule has 4 atom stereocenters. The number of aliphatic hydroxyl groups is 1. The van der Waals surface area contributed by atoms with Gasteiger partial charge in [-0.1, -0.05) is 61.4 Å². The zero-order valence-corrected chi connectivity index (χ0v) is 21.6. The molecule has 0 amide bonds. The molecule has 40 heavy (non-hydrogen) atoms. The van der Waals surface area contributed by atoms with Gasteiger partial charge < -0.3 is 9.84 Å². The maximum atomic E-state index is 14.1. The van der Waals surface area contributed by atoms with E-state index >= 15 is 0 Å². The number of halogens is 6. The quantitative estimate of drug-likeness (QED) is 0.276. The normalized spacial score (nSPS) is 28.5. The topological polar surface area (TPSA) is 101 Å². The molecule has 2 N–H and O–H groups in total. The van der Waals surface area contributed by atoms with Crippen molar-refractivity contribution < 1.29 is 54.0 Å². The van der Waals surface area contributed by atoms with Crippen LogP contribution in [0.5, 0.6) is 0 Å². The number of benzene rings is 2. The first-order valence-electron chi connectivity index (χ1n) is 12.7. The van der Waals surface area contributed by atoms with E-state index in [0.717, 1.165) is 11.1 Å². The molecule has 0 spiro atoms. The number of alkyl halides is 6.